The van der Waals surface area contributed by atoms with E-state index in [4.69, 9.17) is 0 Å². The minimum atomic E-state index is -1.52. The van der Waals surface area contributed by atoms with Crippen LogP contribution in [0.2, 0.25) is 0 Å². The summed E-state index contributed by atoms with van der Waals surface area (Å²) in [5.41, 5.74) is 2.12. The average molecular weight is 575 g/mol. The van der Waals surface area contributed by atoms with Crippen molar-refractivity contribution in [1.82, 2.24) is 9.80 Å². The van der Waals surface area contributed by atoms with E-state index in [0.29, 0.717) is 24.4 Å². The van der Waals surface area contributed by atoms with E-state index in [0.717, 1.165) is 25.2 Å². The van der Waals surface area contributed by atoms with Crippen LogP contribution in [0.3, 0.4) is 0 Å². The molecule has 0 aromatic heterocycles. The normalized spacial score (nSPS) is 25.6. The molecule has 8 heteroatoms. The van der Waals surface area contributed by atoms with Crippen molar-refractivity contribution in [3.05, 3.63) is 107 Å². The van der Waals surface area contributed by atoms with E-state index in [-0.39, 0.29) is 11.1 Å². The van der Waals surface area contributed by atoms with Crippen LogP contribution in [0.25, 0.3) is 0 Å². The third-order valence-corrected chi connectivity index (χ3v) is 8.57. The zero-order chi connectivity index (χ0) is 30.8. The Morgan fingerprint density at radius 2 is 0.929 bits per heavy atom. The number of hydrogen-bond acceptors (Lipinski definition) is 6. The summed E-state index contributed by atoms with van der Waals surface area (Å²) in [6.45, 7) is 14.0. The van der Waals surface area contributed by atoms with Gasteiger partial charge in [-0.05, 0) is 25.0 Å². The Morgan fingerprint density at radius 1 is 0.619 bits per heavy atom. The van der Waals surface area contributed by atoms with Gasteiger partial charge in [0.1, 0.15) is 12.3 Å². The molecular weight excluding hydrogens is 528 g/mol. The number of rotatable bonds is 6. The van der Waals surface area contributed by atoms with Crippen LogP contribution in [-0.4, -0.2) is 73.3 Å². The number of nitrogens with one attached hydrogen (secondary N) is 2. The third-order valence-electron chi connectivity index (χ3n) is 8.57. The number of likely N-dealkylation sites (N-methyl/N-ethyl adjacent to an activating group) is 2. The lowest BCUT2D eigenvalue weighted by Gasteiger charge is -2.23. The monoisotopic (exact) mass is 574 g/mol. The summed E-state index contributed by atoms with van der Waals surface area (Å²) in [5, 5.41) is 20.6. The molecule has 3 aromatic carbocycles. The fraction of sp³-hybridized carbons (Fsp3) is 0.412. The maximum atomic E-state index is 10.3. The number of carboxylic acid groups (broad SMARTS) is 2. The van der Waals surface area contributed by atoms with Gasteiger partial charge in [-0.15, -0.1) is 0 Å². The second-order valence-corrected chi connectivity index (χ2v) is 11.6. The fourth-order valence-electron chi connectivity index (χ4n) is 5.85. The van der Waals surface area contributed by atoms with Gasteiger partial charge in [-0.25, -0.2) is 9.80 Å². The summed E-state index contributed by atoms with van der Waals surface area (Å²) < 4.78 is 0. The summed E-state index contributed by atoms with van der Waals surface area (Å²) in [7, 11) is 4.57. The Kier molecular flexibility index (Phi) is 12.2. The lowest BCUT2D eigenvalue weighted by molar-refractivity contribution is -0.897. The molecule has 0 radical (unpaired) electrons. The second-order valence-electron chi connectivity index (χ2n) is 11.6. The maximum absolute atomic E-state index is 10.3. The van der Waals surface area contributed by atoms with Crippen LogP contribution < -0.4 is 20.0 Å². The van der Waals surface area contributed by atoms with Gasteiger partial charge < -0.3 is 29.6 Å². The Balaban J connectivity index is 0.000000174. The van der Waals surface area contributed by atoms with Gasteiger partial charge in [-0.3, -0.25) is 0 Å². The Hall–Kier alpha value is -3.56. The highest BCUT2D eigenvalue weighted by molar-refractivity contribution is 5.99. The van der Waals surface area contributed by atoms with Gasteiger partial charge in [0.05, 0.1) is 51.2 Å². The first-order valence-electron chi connectivity index (χ1n) is 14.7. The standard InChI is InChI=1S/2C13H20N2.C8H6O4/c2*1-11-9-14(3)12(2)15(11)10-13-7-5-4-6-8-13;9-7(10)5-3-1-2-4-6(5)8(11)12/h2*4-8,11-12H,9-10H2,1-3H3;1-4H,(H,9,10)(H,11,12). The van der Waals surface area contributed by atoms with Crippen LogP contribution in [0.4, 0.5) is 0 Å². The van der Waals surface area contributed by atoms with Crippen molar-refractivity contribution in [1.29, 1.82) is 0 Å². The van der Waals surface area contributed by atoms with Crippen LogP contribution in [0, 0.1) is 0 Å². The highest BCUT2D eigenvalue weighted by Crippen LogP contribution is 2.13. The topological polar surface area (TPSA) is 95.6 Å². The number of carboxylic acids is 2. The van der Waals surface area contributed by atoms with Gasteiger partial charge in [0.25, 0.3) is 0 Å². The molecule has 6 unspecified atom stereocenters. The van der Waals surface area contributed by atoms with Crippen LogP contribution >= 0.6 is 0 Å². The predicted octanol–water partition coefficient (Wildman–Crippen LogP) is -0.0836. The molecule has 6 atom stereocenters. The smallest absolute Gasteiger partial charge is 0.141 e. The Bertz CT molecular complexity index is 1170. The molecule has 0 spiro atoms. The Labute approximate surface area is 250 Å². The zero-order valence-electron chi connectivity index (χ0n) is 25.7. The number of hydrogen-bond donors (Lipinski definition) is 2. The Morgan fingerprint density at radius 3 is 1.19 bits per heavy atom. The van der Waals surface area contributed by atoms with Crippen molar-refractivity contribution in [2.45, 2.75) is 65.2 Å². The molecule has 2 aliphatic heterocycles. The first kappa shape index (κ1) is 32.9. The molecule has 0 aliphatic carbocycles. The van der Waals surface area contributed by atoms with E-state index >= 15 is 0 Å². The summed E-state index contributed by atoms with van der Waals surface area (Å²) in [5.74, 6) is -3.04. The van der Waals surface area contributed by atoms with Gasteiger partial charge in [0.2, 0.25) is 0 Å². The molecule has 226 valence electrons. The van der Waals surface area contributed by atoms with E-state index in [1.807, 2.05) is 0 Å². The fourth-order valence-corrected chi connectivity index (χ4v) is 5.85. The number of benzene rings is 3. The van der Waals surface area contributed by atoms with E-state index in [9.17, 15) is 19.8 Å². The maximum Gasteiger partial charge on any atom is 0.141 e. The quantitative estimate of drug-likeness (QED) is 0.428. The molecule has 3 aromatic rings. The molecule has 0 amide bonds. The summed E-state index contributed by atoms with van der Waals surface area (Å²) in [6, 6.07) is 28.0. The van der Waals surface area contributed by atoms with Crippen LogP contribution in [0.5, 0.6) is 0 Å². The highest BCUT2D eigenvalue weighted by Gasteiger charge is 2.36. The van der Waals surface area contributed by atoms with E-state index in [2.05, 4.69) is 112 Å². The van der Waals surface area contributed by atoms with E-state index in [1.54, 1.807) is 9.80 Å². The molecular formula is C34H46N4O4. The second kappa shape index (κ2) is 15.6. The summed E-state index contributed by atoms with van der Waals surface area (Å²) >= 11 is 0. The largest absolute Gasteiger partial charge is 0.545 e. The van der Waals surface area contributed by atoms with E-state index in [1.165, 1.54) is 36.3 Å². The number of aromatic carboxylic acids is 2. The lowest BCUT2D eigenvalue weighted by Crippen LogP contribution is -3.11. The highest BCUT2D eigenvalue weighted by atomic mass is 16.4. The first-order chi connectivity index (χ1) is 20.0. The molecule has 8 nitrogen and oxygen atoms in total. The van der Waals surface area contributed by atoms with Gasteiger partial charge in [-0.2, -0.15) is 0 Å². The molecule has 0 bridgehead atoms. The molecule has 2 heterocycles. The van der Waals surface area contributed by atoms with Gasteiger partial charge >= 0.3 is 0 Å². The predicted molar refractivity (Wildman–Crippen MR) is 160 cm³/mol. The first-order valence-corrected chi connectivity index (χ1v) is 14.7. The molecule has 2 aliphatic rings. The van der Waals surface area contributed by atoms with Crippen LogP contribution in [0.1, 0.15) is 59.5 Å². The van der Waals surface area contributed by atoms with Crippen molar-refractivity contribution in [2.24, 2.45) is 0 Å². The number of carbonyl (C=O) groups excluding carboxylic acids is 2. The van der Waals surface area contributed by atoms with Crippen molar-refractivity contribution >= 4 is 11.9 Å². The minimum absolute atomic E-state index is 0.363. The van der Waals surface area contributed by atoms with E-state index < -0.39 is 11.9 Å². The SMILES string of the molecule is CC1C[NH+](C)C(C)N1Cc1ccccc1.CC1C[NH+](C)C(C)N1Cc1ccccc1.O=C([O-])c1ccccc1C(=O)[O-]. The molecule has 2 N–H and O–H groups in total. The van der Waals surface area contributed by atoms with Crippen molar-refractivity contribution in [3.8, 4) is 0 Å². The zero-order valence-corrected chi connectivity index (χ0v) is 25.7. The molecule has 2 fully saturated rings. The molecule has 0 saturated carbocycles. The van der Waals surface area contributed by atoms with Crippen LogP contribution in [-0.2, 0) is 13.1 Å². The van der Waals surface area contributed by atoms with Crippen molar-refractivity contribution in [3.63, 3.8) is 0 Å². The van der Waals surface area contributed by atoms with Crippen molar-refractivity contribution < 1.29 is 29.6 Å². The number of quaternary nitrogens is 2. The third kappa shape index (κ3) is 8.97. The molecule has 2 saturated heterocycles. The average Bonchev–Trinajstić information content (AvgIpc) is 3.36. The van der Waals surface area contributed by atoms with Gasteiger partial charge in [0.15, 0.2) is 0 Å². The number of carbonyl (C=O) groups is 2. The van der Waals surface area contributed by atoms with Crippen LogP contribution in [0.15, 0.2) is 84.9 Å². The van der Waals surface area contributed by atoms with Crippen molar-refractivity contribution in [2.75, 3.05) is 27.2 Å². The van der Waals surface area contributed by atoms with Gasteiger partial charge in [-0.1, -0.05) is 84.9 Å². The minimum Gasteiger partial charge on any atom is -0.545 e. The number of nitrogens with zero attached hydrogens (tertiary/aromatic N) is 2. The lowest BCUT2D eigenvalue weighted by atomic mass is 10.1. The summed E-state index contributed by atoms with van der Waals surface area (Å²) in [6.07, 6.45) is 1.28. The molecule has 42 heavy (non-hydrogen) atoms. The summed E-state index contributed by atoms with van der Waals surface area (Å²) in [4.78, 5) is 29.1. The van der Waals surface area contributed by atoms with Gasteiger partial charge in [0, 0.05) is 38.1 Å². The molecule has 5 rings (SSSR count).